The minimum atomic E-state index is -0.239. The van der Waals surface area contributed by atoms with Crippen LogP contribution < -0.4 is 10.6 Å². The average Bonchev–Trinajstić information content (AvgIpc) is 2.92. The van der Waals surface area contributed by atoms with Gasteiger partial charge in [-0.2, -0.15) is 0 Å². The van der Waals surface area contributed by atoms with Gasteiger partial charge in [0.15, 0.2) is 0 Å². The molecule has 0 aliphatic carbocycles. The summed E-state index contributed by atoms with van der Waals surface area (Å²) in [6, 6.07) is 10.4. The molecule has 0 fully saturated rings. The molecule has 2 rings (SSSR count). The van der Waals surface area contributed by atoms with E-state index in [2.05, 4.69) is 10.6 Å². The highest BCUT2D eigenvalue weighted by molar-refractivity contribution is 5.74. The number of nitrogens with one attached hydrogen (secondary N) is 2. The van der Waals surface area contributed by atoms with E-state index in [-0.39, 0.29) is 17.9 Å². The summed E-state index contributed by atoms with van der Waals surface area (Å²) in [5.41, 5.74) is 1.87. The molecule has 22 heavy (non-hydrogen) atoms. The topological polar surface area (TPSA) is 46.1 Å². The molecule has 2 aromatic rings. The number of carbonyl (C=O) groups is 1. The van der Waals surface area contributed by atoms with Gasteiger partial charge in [-0.1, -0.05) is 19.1 Å². The standard InChI is InChI=1S/C17H22FN3O/c1-3-13(2)20-17(22)19-11-16-8-5-9-21(16)12-14-6-4-7-15(18)10-14/h4-10,13H,3,11-12H2,1-2H3,(H2,19,20,22)/t13-/m0/s1. The molecule has 1 heterocycles. The Bertz CT molecular complexity index is 624. The predicted molar refractivity (Wildman–Crippen MR) is 85.1 cm³/mol. The Morgan fingerprint density at radius 1 is 1.32 bits per heavy atom. The number of rotatable bonds is 6. The summed E-state index contributed by atoms with van der Waals surface area (Å²) in [7, 11) is 0. The van der Waals surface area contributed by atoms with E-state index in [1.807, 2.05) is 42.8 Å². The van der Waals surface area contributed by atoms with Gasteiger partial charge in [0.2, 0.25) is 0 Å². The van der Waals surface area contributed by atoms with E-state index in [0.29, 0.717) is 13.1 Å². The van der Waals surface area contributed by atoms with Crippen LogP contribution >= 0.6 is 0 Å². The monoisotopic (exact) mass is 303 g/mol. The highest BCUT2D eigenvalue weighted by atomic mass is 19.1. The van der Waals surface area contributed by atoms with E-state index in [1.165, 1.54) is 12.1 Å². The fourth-order valence-electron chi connectivity index (χ4n) is 2.14. The zero-order valence-electron chi connectivity index (χ0n) is 13.0. The van der Waals surface area contributed by atoms with Gasteiger partial charge in [0, 0.05) is 24.5 Å². The van der Waals surface area contributed by atoms with Crippen LogP contribution in [0.5, 0.6) is 0 Å². The van der Waals surface area contributed by atoms with Crippen molar-refractivity contribution in [2.24, 2.45) is 0 Å². The SMILES string of the molecule is CC[C@H](C)NC(=O)NCc1cccn1Cc1cccc(F)c1. The molecule has 0 aliphatic heterocycles. The summed E-state index contributed by atoms with van der Waals surface area (Å²) in [4.78, 5) is 11.7. The van der Waals surface area contributed by atoms with Crippen LogP contribution in [-0.2, 0) is 13.1 Å². The maximum absolute atomic E-state index is 13.2. The Morgan fingerprint density at radius 2 is 2.14 bits per heavy atom. The van der Waals surface area contributed by atoms with E-state index >= 15 is 0 Å². The second-order valence-electron chi connectivity index (χ2n) is 5.39. The lowest BCUT2D eigenvalue weighted by Crippen LogP contribution is -2.40. The fourth-order valence-corrected chi connectivity index (χ4v) is 2.14. The molecule has 1 aromatic heterocycles. The Hall–Kier alpha value is -2.30. The Labute approximate surface area is 130 Å². The molecule has 0 unspecified atom stereocenters. The first-order valence-electron chi connectivity index (χ1n) is 7.51. The van der Waals surface area contributed by atoms with Gasteiger partial charge in [-0.25, -0.2) is 9.18 Å². The number of benzene rings is 1. The van der Waals surface area contributed by atoms with Crippen molar-refractivity contribution in [1.82, 2.24) is 15.2 Å². The van der Waals surface area contributed by atoms with Crippen LogP contribution in [0.25, 0.3) is 0 Å². The molecule has 0 radical (unpaired) electrons. The van der Waals surface area contributed by atoms with E-state index in [9.17, 15) is 9.18 Å². The third-order valence-corrected chi connectivity index (χ3v) is 3.59. The smallest absolute Gasteiger partial charge is 0.315 e. The number of halogens is 1. The molecule has 118 valence electrons. The number of nitrogens with zero attached hydrogens (tertiary/aromatic N) is 1. The van der Waals surface area contributed by atoms with Crippen molar-refractivity contribution < 1.29 is 9.18 Å². The normalized spacial score (nSPS) is 12.0. The third-order valence-electron chi connectivity index (χ3n) is 3.59. The van der Waals surface area contributed by atoms with Crippen molar-refractivity contribution in [3.05, 3.63) is 59.7 Å². The summed E-state index contributed by atoms with van der Waals surface area (Å²) < 4.78 is 15.2. The number of carbonyl (C=O) groups excluding carboxylic acids is 1. The first-order chi connectivity index (χ1) is 10.6. The first-order valence-corrected chi connectivity index (χ1v) is 7.51. The van der Waals surface area contributed by atoms with E-state index in [0.717, 1.165) is 17.7 Å². The molecule has 1 atom stereocenters. The number of amides is 2. The molecule has 2 amide bonds. The quantitative estimate of drug-likeness (QED) is 0.845. The lowest BCUT2D eigenvalue weighted by molar-refractivity contribution is 0.237. The van der Waals surface area contributed by atoms with Crippen LogP contribution in [-0.4, -0.2) is 16.6 Å². The van der Waals surface area contributed by atoms with Crippen LogP contribution in [0.15, 0.2) is 42.6 Å². The van der Waals surface area contributed by atoms with Gasteiger partial charge in [-0.05, 0) is 43.2 Å². The largest absolute Gasteiger partial charge is 0.345 e. The fraction of sp³-hybridized carbons (Fsp3) is 0.353. The molecule has 0 saturated heterocycles. The minimum absolute atomic E-state index is 0.152. The number of hydrogen-bond donors (Lipinski definition) is 2. The highest BCUT2D eigenvalue weighted by Gasteiger charge is 2.07. The molecule has 4 nitrogen and oxygen atoms in total. The Kier molecular flexibility index (Phi) is 5.58. The molecule has 0 saturated carbocycles. The summed E-state index contributed by atoms with van der Waals surface area (Å²) in [6.45, 7) is 5.00. The second-order valence-corrected chi connectivity index (χ2v) is 5.39. The zero-order chi connectivity index (χ0) is 15.9. The summed E-state index contributed by atoms with van der Waals surface area (Å²) in [6.07, 6.45) is 2.82. The van der Waals surface area contributed by atoms with Crippen LogP contribution in [0.4, 0.5) is 9.18 Å². The molecule has 5 heteroatoms. The van der Waals surface area contributed by atoms with Crippen molar-refractivity contribution in [1.29, 1.82) is 0 Å². The van der Waals surface area contributed by atoms with Crippen molar-refractivity contribution in [3.63, 3.8) is 0 Å². The summed E-state index contributed by atoms with van der Waals surface area (Å²) in [5.74, 6) is -0.239. The number of hydrogen-bond acceptors (Lipinski definition) is 1. The van der Waals surface area contributed by atoms with Crippen LogP contribution in [0, 0.1) is 5.82 Å². The zero-order valence-corrected chi connectivity index (χ0v) is 13.0. The molecule has 0 spiro atoms. The first kappa shape index (κ1) is 16.1. The molecule has 0 aliphatic rings. The van der Waals surface area contributed by atoms with Crippen molar-refractivity contribution in [2.75, 3.05) is 0 Å². The van der Waals surface area contributed by atoms with Crippen LogP contribution in [0.1, 0.15) is 31.5 Å². The molecular formula is C17H22FN3O. The van der Waals surface area contributed by atoms with Crippen molar-refractivity contribution >= 4 is 6.03 Å². The summed E-state index contributed by atoms with van der Waals surface area (Å²) >= 11 is 0. The molecule has 1 aromatic carbocycles. The van der Waals surface area contributed by atoms with Gasteiger partial charge < -0.3 is 15.2 Å². The maximum atomic E-state index is 13.2. The molecular weight excluding hydrogens is 281 g/mol. The van der Waals surface area contributed by atoms with Gasteiger partial charge in [-0.3, -0.25) is 0 Å². The van der Waals surface area contributed by atoms with Gasteiger partial charge in [-0.15, -0.1) is 0 Å². The van der Waals surface area contributed by atoms with Crippen LogP contribution in [0.3, 0.4) is 0 Å². The van der Waals surface area contributed by atoms with Gasteiger partial charge in [0.05, 0.1) is 6.54 Å². The lowest BCUT2D eigenvalue weighted by Gasteiger charge is -2.14. The summed E-state index contributed by atoms with van der Waals surface area (Å²) in [5, 5.41) is 5.70. The van der Waals surface area contributed by atoms with E-state index < -0.39 is 0 Å². The molecule has 2 N–H and O–H groups in total. The van der Waals surface area contributed by atoms with E-state index in [1.54, 1.807) is 6.07 Å². The van der Waals surface area contributed by atoms with Crippen molar-refractivity contribution in [2.45, 2.75) is 39.4 Å². The minimum Gasteiger partial charge on any atom is -0.345 e. The van der Waals surface area contributed by atoms with E-state index in [4.69, 9.17) is 0 Å². The predicted octanol–water partition coefficient (Wildman–Crippen LogP) is 3.27. The maximum Gasteiger partial charge on any atom is 0.315 e. The lowest BCUT2D eigenvalue weighted by atomic mass is 10.2. The number of aromatic nitrogens is 1. The molecule has 0 bridgehead atoms. The average molecular weight is 303 g/mol. The Morgan fingerprint density at radius 3 is 2.86 bits per heavy atom. The van der Waals surface area contributed by atoms with Crippen molar-refractivity contribution in [3.8, 4) is 0 Å². The van der Waals surface area contributed by atoms with Crippen LogP contribution in [0.2, 0.25) is 0 Å². The highest BCUT2D eigenvalue weighted by Crippen LogP contribution is 2.09. The third kappa shape index (κ3) is 4.62. The van der Waals surface area contributed by atoms with Gasteiger partial charge >= 0.3 is 6.03 Å². The van der Waals surface area contributed by atoms with Gasteiger partial charge in [0.25, 0.3) is 0 Å². The second kappa shape index (κ2) is 7.64. The Balaban J connectivity index is 1.94. The van der Waals surface area contributed by atoms with Gasteiger partial charge in [0.1, 0.15) is 5.82 Å². The number of urea groups is 1.